The molecule has 3 aromatic carbocycles. The van der Waals surface area contributed by atoms with Crippen LogP contribution in [0.5, 0.6) is 5.75 Å². The lowest BCUT2D eigenvalue weighted by atomic mass is 10.0. The third-order valence-corrected chi connectivity index (χ3v) is 5.41. The summed E-state index contributed by atoms with van der Waals surface area (Å²) < 4.78 is 7.53. The van der Waals surface area contributed by atoms with E-state index in [1.165, 1.54) is 0 Å². The lowest BCUT2D eigenvalue weighted by Crippen LogP contribution is -1.98. The SMILES string of the molecule is C#CCOc1c(I)cc(/C=C(/C#N)c2ccc3ccccc3c2)cc1I. The highest BCUT2D eigenvalue weighted by Crippen LogP contribution is 2.31. The van der Waals surface area contributed by atoms with Crippen LogP contribution in [0.3, 0.4) is 0 Å². The van der Waals surface area contributed by atoms with Crippen molar-refractivity contribution in [2.24, 2.45) is 0 Å². The molecule has 3 rings (SSSR count). The van der Waals surface area contributed by atoms with Gasteiger partial charge in [-0.1, -0.05) is 42.3 Å². The minimum Gasteiger partial charge on any atom is -0.479 e. The first-order valence-corrected chi connectivity index (χ1v) is 9.94. The summed E-state index contributed by atoms with van der Waals surface area (Å²) in [6.45, 7) is 0.238. The molecule has 26 heavy (non-hydrogen) atoms. The van der Waals surface area contributed by atoms with Crippen molar-refractivity contribution in [3.05, 3.63) is 72.9 Å². The van der Waals surface area contributed by atoms with Crippen molar-refractivity contribution in [2.45, 2.75) is 0 Å². The van der Waals surface area contributed by atoms with Crippen molar-refractivity contribution in [3.63, 3.8) is 0 Å². The van der Waals surface area contributed by atoms with Gasteiger partial charge in [0.1, 0.15) is 12.4 Å². The van der Waals surface area contributed by atoms with E-state index in [2.05, 4.69) is 69.3 Å². The molecule has 126 valence electrons. The third kappa shape index (κ3) is 4.20. The summed E-state index contributed by atoms with van der Waals surface area (Å²) >= 11 is 4.45. The molecular weight excluding hydrogens is 548 g/mol. The highest BCUT2D eigenvalue weighted by atomic mass is 127. The number of nitrogens with zero attached hydrogens (tertiary/aromatic N) is 1. The Morgan fingerprint density at radius 1 is 1.04 bits per heavy atom. The maximum atomic E-state index is 9.65. The number of fused-ring (bicyclic) bond motifs is 1. The topological polar surface area (TPSA) is 33.0 Å². The van der Waals surface area contributed by atoms with Gasteiger partial charge in [-0.15, -0.1) is 6.42 Å². The van der Waals surface area contributed by atoms with Crippen LogP contribution in [0.15, 0.2) is 54.6 Å². The summed E-state index contributed by atoms with van der Waals surface area (Å²) in [7, 11) is 0. The van der Waals surface area contributed by atoms with Gasteiger partial charge in [-0.3, -0.25) is 0 Å². The summed E-state index contributed by atoms with van der Waals surface area (Å²) in [5.74, 6) is 3.26. The van der Waals surface area contributed by atoms with Gasteiger partial charge in [0.25, 0.3) is 0 Å². The molecule has 0 atom stereocenters. The molecule has 0 aromatic heterocycles. The molecule has 0 fully saturated rings. The number of ether oxygens (including phenoxy) is 1. The number of rotatable bonds is 4. The quantitative estimate of drug-likeness (QED) is 0.167. The minimum absolute atomic E-state index is 0.238. The van der Waals surface area contributed by atoms with Gasteiger partial charge < -0.3 is 4.74 Å². The predicted octanol–water partition coefficient (Wildman–Crippen LogP) is 6.13. The van der Waals surface area contributed by atoms with Crippen LogP contribution in [0.1, 0.15) is 11.1 Å². The van der Waals surface area contributed by atoms with Crippen LogP contribution < -0.4 is 4.74 Å². The molecular formula is C22H13I2NO. The van der Waals surface area contributed by atoms with Gasteiger partial charge in [0, 0.05) is 0 Å². The van der Waals surface area contributed by atoms with Crippen LogP contribution in [-0.4, -0.2) is 6.61 Å². The van der Waals surface area contributed by atoms with Crippen LogP contribution in [0, 0.1) is 30.8 Å². The zero-order valence-electron chi connectivity index (χ0n) is 13.7. The Morgan fingerprint density at radius 3 is 2.38 bits per heavy atom. The van der Waals surface area contributed by atoms with Gasteiger partial charge >= 0.3 is 0 Å². The first-order chi connectivity index (χ1) is 12.6. The normalized spacial score (nSPS) is 11.0. The Balaban J connectivity index is 2.01. The number of allylic oxidation sites excluding steroid dienone is 1. The highest BCUT2D eigenvalue weighted by molar-refractivity contribution is 14.1. The van der Waals surface area contributed by atoms with Crippen LogP contribution in [0.25, 0.3) is 22.4 Å². The average molecular weight is 561 g/mol. The van der Waals surface area contributed by atoms with Gasteiger partial charge in [0.15, 0.2) is 0 Å². The first kappa shape index (κ1) is 18.8. The van der Waals surface area contributed by atoms with Gasteiger partial charge in [0.05, 0.1) is 18.8 Å². The Hall–Kier alpha value is -2.03. The molecule has 0 amide bonds. The molecule has 0 aliphatic carbocycles. The fraction of sp³-hybridized carbons (Fsp3) is 0.0455. The molecule has 0 aliphatic heterocycles. The lowest BCUT2D eigenvalue weighted by Gasteiger charge is -2.09. The van der Waals surface area contributed by atoms with Crippen molar-refractivity contribution in [3.8, 4) is 24.2 Å². The Labute approximate surface area is 180 Å². The van der Waals surface area contributed by atoms with Crippen LogP contribution >= 0.6 is 45.2 Å². The van der Waals surface area contributed by atoms with E-state index in [9.17, 15) is 5.26 Å². The standard InChI is InChI=1S/C22H13I2NO/c1-2-9-26-22-20(23)11-15(12-21(22)24)10-19(14-25)18-8-7-16-5-3-4-6-17(16)13-18/h1,3-8,10-13H,9H2/b19-10-. The zero-order valence-corrected chi connectivity index (χ0v) is 18.0. The monoisotopic (exact) mass is 561 g/mol. The van der Waals surface area contributed by atoms with E-state index < -0.39 is 0 Å². The fourth-order valence-corrected chi connectivity index (χ4v) is 4.75. The molecule has 0 saturated carbocycles. The van der Waals surface area contributed by atoms with Crippen LogP contribution in [-0.2, 0) is 0 Å². The van der Waals surface area contributed by atoms with E-state index in [1.807, 2.05) is 48.5 Å². The Morgan fingerprint density at radius 2 is 1.73 bits per heavy atom. The molecule has 2 nitrogen and oxygen atoms in total. The molecule has 3 aromatic rings. The molecule has 0 N–H and O–H groups in total. The number of benzene rings is 3. The molecule has 0 bridgehead atoms. The minimum atomic E-state index is 0.238. The largest absolute Gasteiger partial charge is 0.479 e. The van der Waals surface area contributed by atoms with Gasteiger partial charge in [-0.05, 0) is 91.4 Å². The van der Waals surface area contributed by atoms with Crippen LogP contribution in [0.2, 0.25) is 0 Å². The smallest absolute Gasteiger partial charge is 0.148 e. The van der Waals surface area contributed by atoms with E-state index in [0.29, 0.717) is 5.57 Å². The van der Waals surface area contributed by atoms with Crippen molar-refractivity contribution in [1.29, 1.82) is 5.26 Å². The Kier molecular flexibility index (Phi) is 6.18. The lowest BCUT2D eigenvalue weighted by molar-refractivity contribution is 0.365. The van der Waals surface area contributed by atoms with E-state index in [1.54, 1.807) is 0 Å². The molecule has 0 aliphatic rings. The van der Waals surface area contributed by atoms with E-state index in [-0.39, 0.29) is 6.61 Å². The summed E-state index contributed by atoms with van der Waals surface area (Å²) in [4.78, 5) is 0. The summed E-state index contributed by atoms with van der Waals surface area (Å²) in [6, 6.07) is 20.5. The summed E-state index contributed by atoms with van der Waals surface area (Å²) in [6.07, 6.45) is 7.17. The second kappa shape index (κ2) is 8.57. The maximum absolute atomic E-state index is 9.65. The number of terminal acetylenes is 1. The first-order valence-electron chi connectivity index (χ1n) is 7.78. The summed E-state index contributed by atoms with van der Waals surface area (Å²) in [5.41, 5.74) is 2.49. The van der Waals surface area contributed by atoms with Gasteiger partial charge in [-0.2, -0.15) is 5.26 Å². The molecule has 0 heterocycles. The number of hydrogen-bond acceptors (Lipinski definition) is 2. The van der Waals surface area contributed by atoms with E-state index in [4.69, 9.17) is 11.2 Å². The van der Waals surface area contributed by atoms with Crippen molar-refractivity contribution in [2.75, 3.05) is 6.61 Å². The van der Waals surface area contributed by atoms with Crippen LogP contribution in [0.4, 0.5) is 0 Å². The Bertz CT molecular complexity index is 1060. The van der Waals surface area contributed by atoms with E-state index in [0.717, 1.165) is 34.8 Å². The number of hydrogen-bond donors (Lipinski definition) is 0. The van der Waals surface area contributed by atoms with Gasteiger partial charge in [0.2, 0.25) is 0 Å². The van der Waals surface area contributed by atoms with Crippen molar-refractivity contribution in [1.82, 2.24) is 0 Å². The molecule has 0 saturated heterocycles. The van der Waals surface area contributed by atoms with E-state index >= 15 is 0 Å². The molecule has 4 heteroatoms. The number of halogens is 2. The average Bonchev–Trinajstić information content (AvgIpc) is 2.65. The van der Waals surface area contributed by atoms with Crippen molar-refractivity contribution >= 4 is 67.6 Å². The van der Waals surface area contributed by atoms with Gasteiger partial charge in [-0.25, -0.2) is 0 Å². The fourth-order valence-electron chi connectivity index (χ4n) is 2.62. The summed E-state index contributed by atoms with van der Waals surface area (Å²) in [5, 5.41) is 11.9. The number of nitriles is 1. The third-order valence-electron chi connectivity index (χ3n) is 3.81. The molecule has 0 spiro atoms. The second-order valence-corrected chi connectivity index (χ2v) is 7.86. The predicted molar refractivity (Wildman–Crippen MR) is 124 cm³/mol. The maximum Gasteiger partial charge on any atom is 0.148 e. The van der Waals surface area contributed by atoms with Crippen molar-refractivity contribution < 1.29 is 4.74 Å². The molecule has 0 radical (unpaired) electrons. The zero-order chi connectivity index (χ0) is 18.5. The second-order valence-electron chi connectivity index (χ2n) is 5.54. The molecule has 0 unspecified atom stereocenters. The highest BCUT2D eigenvalue weighted by Gasteiger charge is 2.09.